The predicted molar refractivity (Wildman–Crippen MR) is 139 cm³/mol. The quantitative estimate of drug-likeness (QED) is 0.495. The molecule has 0 aliphatic carbocycles. The number of fused-ring (bicyclic) bond motifs is 2. The first-order valence-corrected chi connectivity index (χ1v) is 12.3. The zero-order valence-corrected chi connectivity index (χ0v) is 21.1. The van der Waals surface area contributed by atoms with Crippen LogP contribution in [0.1, 0.15) is 44.8 Å². The van der Waals surface area contributed by atoms with Crippen LogP contribution in [0.2, 0.25) is 0 Å². The number of cyclic esters (lactones) is 1. The van der Waals surface area contributed by atoms with Crippen LogP contribution in [0, 0.1) is 6.92 Å². The number of ether oxygens (including phenoxy) is 1. The summed E-state index contributed by atoms with van der Waals surface area (Å²) in [5.41, 5.74) is 5.14. The fourth-order valence-electron chi connectivity index (χ4n) is 5.22. The highest BCUT2D eigenvalue weighted by atomic mass is 16.6. The largest absolute Gasteiger partial charge is 0.444 e. The maximum absolute atomic E-state index is 13.6. The molecule has 196 valence electrons. The van der Waals surface area contributed by atoms with E-state index in [4.69, 9.17) is 4.74 Å². The van der Waals surface area contributed by atoms with Gasteiger partial charge in [0.1, 0.15) is 12.6 Å². The van der Waals surface area contributed by atoms with E-state index < -0.39 is 35.8 Å². The molecule has 39 heavy (non-hydrogen) atoms. The lowest BCUT2D eigenvalue weighted by atomic mass is 9.98. The van der Waals surface area contributed by atoms with Crippen molar-refractivity contribution in [2.45, 2.75) is 32.4 Å². The number of rotatable bonds is 4. The molecule has 2 N–H and O–H groups in total. The number of nitrogens with one attached hydrogen (secondary N) is 2. The second-order valence-corrected chi connectivity index (χ2v) is 9.63. The van der Waals surface area contributed by atoms with Crippen LogP contribution in [0.4, 0.5) is 21.9 Å². The van der Waals surface area contributed by atoms with Crippen molar-refractivity contribution in [3.05, 3.63) is 71.0 Å². The predicted octanol–water partition coefficient (Wildman–Crippen LogP) is 3.29. The van der Waals surface area contributed by atoms with E-state index in [1.165, 1.54) is 11.0 Å². The van der Waals surface area contributed by atoms with Crippen molar-refractivity contribution >= 4 is 46.8 Å². The third-order valence-electron chi connectivity index (χ3n) is 7.15. The Morgan fingerprint density at radius 3 is 2.59 bits per heavy atom. The average molecular weight is 526 g/mol. The molecule has 0 spiro atoms. The molecule has 1 aromatic heterocycles. The van der Waals surface area contributed by atoms with Crippen molar-refractivity contribution < 1.29 is 28.7 Å². The maximum Gasteiger partial charge on any atom is 0.414 e. The standard InChI is InChI=1S/C28H23N5O6/c1-14-10-15(8-9-29-14)18-11-16-13-39-28(38)32(2)22(16)12-20(18)30-19-5-3-4-17-24(19)27(37)33(26(17)36)21-6-7-23(34)31-25(21)35/h3-5,8-12,21,30H,6-7,13H2,1-2H3,(H,31,34,35)/t21-/m1/s1. The Morgan fingerprint density at radius 1 is 1.00 bits per heavy atom. The summed E-state index contributed by atoms with van der Waals surface area (Å²) in [7, 11) is 1.61. The summed E-state index contributed by atoms with van der Waals surface area (Å²) in [6, 6.07) is 11.3. The molecule has 3 aromatic rings. The van der Waals surface area contributed by atoms with Gasteiger partial charge in [-0.25, -0.2) is 4.79 Å². The molecule has 11 nitrogen and oxygen atoms in total. The summed E-state index contributed by atoms with van der Waals surface area (Å²) in [4.78, 5) is 69.8. The van der Waals surface area contributed by atoms with Crippen molar-refractivity contribution in [1.29, 1.82) is 0 Å². The Kier molecular flexibility index (Phi) is 5.63. The van der Waals surface area contributed by atoms with Gasteiger partial charge < -0.3 is 10.1 Å². The molecule has 2 aromatic carbocycles. The van der Waals surface area contributed by atoms with Crippen molar-refractivity contribution in [3.8, 4) is 11.1 Å². The highest BCUT2D eigenvalue weighted by Crippen LogP contribution is 2.40. The van der Waals surface area contributed by atoms with Gasteiger partial charge in [0.05, 0.1) is 22.5 Å². The number of pyridine rings is 1. The fraction of sp³-hybridized carbons (Fsp3) is 0.214. The first-order chi connectivity index (χ1) is 18.7. The van der Waals surface area contributed by atoms with Gasteiger partial charge in [-0.05, 0) is 55.3 Å². The molecule has 4 heterocycles. The molecule has 6 rings (SSSR count). The molecule has 5 amide bonds. The molecular weight excluding hydrogens is 502 g/mol. The summed E-state index contributed by atoms with van der Waals surface area (Å²) in [6.07, 6.45) is 1.31. The Balaban J connectivity index is 1.44. The zero-order chi connectivity index (χ0) is 27.4. The van der Waals surface area contributed by atoms with Gasteiger partial charge in [-0.3, -0.25) is 39.3 Å². The van der Waals surface area contributed by atoms with Crippen LogP contribution in [-0.2, 0) is 20.9 Å². The van der Waals surface area contributed by atoms with E-state index in [0.717, 1.165) is 27.3 Å². The number of anilines is 3. The molecule has 1 fully saturated rings. The molecule has 3 aliphatic heterocycles. The van der Waals surface area contributed by atoms with Gasteiger partial charge in [0, 0.05) is 42.2 Å². The van der Waals surface area contributed by atoms with Gasteiger partial charge in [-0.2, -0.15) is 0 Å². The summed E-state index contributed by atoms with van der Waals surface area (Å²) < 4.78 is 5.27. The van der Waals surface area contributed by atoms with Crippen LogP contribution in [0.3, 0.4) is 0 Å². The van der Waals surface area contributed by atoms with Crippen molar-refractivity contribution in [2.75, 3.05) is 17.3 Å². The smallest absolute Gasteiger partial charge is 0.414 e. The lowest BCUT2D eigenvalue weighted by Gasteiger charge is -2.28. The number of hydrogen-bond acceptors (Lipinski definition) is 8. The number of amides is 5. The molecule has 0 unspecified atom stereocenters. The summed E-state index contributed by atoms with van der Waals surface area (Å²) in [5.74, 6) is -2.32. The van der Waals surface area contributed by atoms with E-state index in [1.807, 2.05) is 25.1 Å². The minimum atomic E-state index is -1.07. The van der Waals surface area contributed by atoms with Gasteiger partial charge in [-0.15, -0.1) is 0 Å². The van der Waals surface area contributed by atoms with Crippen LogP contribution in [0.25, 0.3) is 11.1 Å². The number of aryl methyl sites for hydroxylation is 1. The number of benzene rings is 2. The number of imide groups is 2. The summed E-state index contributed by atoms with van der Waals surface area (Å²) in [5, 5.41) is 5.52. The molecular formula is C28H23N5O6. The highest BCUT2D eigenvalue weighted by Gasteiger charge is 2.45. The number of carbonyl (C=O) groups excluding carboxylic acids is 5. The van der Waals surface area contributed by atoms with Crippen molar-refractivity contribution in [3.63, 3.8) is 0 Å². The minimum Gasteiger partial charge on any atom is -0.444 e. The first-order valence-electron chi connectivity index (χ1n) is 12.3. The molecule has 0 radical (unpaired) electrons. The highest BCUT2D eigenvalue weighted by molar-refractivity contribution is 6.25. The van der Waals surface area contributed by atoms with E-state index >= 15 is 0 Å². The molecule has 11 heteroatoms. The topological polar surface area (TPSA) is 138 Å². The lowest BCUT2D eigenvalue weighted by molar-refractivity contribution is -0.136. The van der Waals surface area contributed by atoms with E-state index in [2.05, 4.69) is 15.6 Å². The number of nitrogens with zero attached hydrogens (tertiary/aromatic N) is 3. The van der Waals surface area contributed by atoms with Gasteiger partial charge in [0.2, 0.25) is 11.8 Å². The molecule has 1 saturated heterocycles. The third-order valence-corrected chi connectivity index (χ3v) is 7.15. The monoisotopic (exact) mass is 525 g/mol. The average Bonchev–Trinajstić information content (AvgIpc) is 3.17. The Morgan fingerprint density at radius 2 is 1.82 bits per heavy atom. The van der Waals surface area contributed by atoms with Crippen LogP contribution >= 0.6 is 0 Å². The van der Waals surface area contributed by atoms with Crippen LogP contribution in [-0.4, -0.2) is 52.7 Å². The third kappa shape index (κ3) is 3.99. The number of piperidine rings is 1. The summed E-state index contributed by atoms with van der Waals surface area (Å²) in [6.45, 7) is 1.99. The molecule has 3 aliphatic rings. The summed E-state index contributed by atoms with van der Waals surface area (Å²) >= 11 is 0. The van der Waals surface area contributed by atoms with Gasteiger partial charge in [0.15, 0.2) is 0 Å². The van der Waals surface area contributed by atoms with E-state index in [-0.39, 0.29) is 30.6 Å². The minimum absolute atomic E-state index is 0.0364. The second kappa shape index (κ2) is 9.05. The van der Waals surface area contributed by atoms with Gasteiger partial charge >= 0.3 is 6.09 Å². The fourth-order valence-corrected chi connectivity index (χ4v) is 5.22. The normalized spacial score (nSPS) is 18.5. The zero-order valence-electron chi connectivity index (χ0n) is 21.1. The lowest BCUT2D eigenvalue weighted by Crippen LogP contribution is -2.54. The van der Waals surface area contributed by atoms with Crippen LogP contribution < -0.4 is 15.5 Å². The van der Waals surface area contributed by atoms with Crippen molar-refractivity contribution in [2.24, 2.45) is 0 Å². The van der Waals surface area contributed by atoms with E-state index in [0.29, 0.717) is 17.1 Å². The maximum atomic E-state index is 13.6. The molecule has 0 bridgehead atoms. The second-order valence-electron chi connectivity index (χ2n) is 9.63. The molecule has 1 atom stereocenters. The Labute approximate surface area is 222 Å². The first kappa shape index (κ1) is 24.3. The van der Waals surface area contributed by atoms with Crippen LogP contribution in [0.15, 0.2) is 48.7 Å². The van der Waals surface area contributed by atoms with E-state index in [1.54, 1.807) is 31.4 Å². The van der Waals surface area contributed by atoms with Crippen LogP contribution in [0.5, 0.6) is 0 Å². The Bertz CT molecular complexity index is 1620. The molecule has 0 saturated carbocycles. The van der Waals surface area contributed by atoms with Gasteiger partial charge in [0.25, 0.3) is 11.8 Å². The van der Waals surface area contributed by atoms with E-state index in [9.17, 15) is 24.0 Å². The van der Waals surface area contributed by atoms with Gasteiger partial charge in [-0.1, -0.05) is 6.07 Å². The number of carbonyl (C=O) groups is 5. The number of aromatic nitrogens is 1. The number of hydrogen-bond donors (Lipinski definition) is 2. The SMILES string of the molecule is Cc1cc(-c2cc3c(cc2Nc2cccc4c2C(=O)N([C@@H]2CCC(=O)NC2=O)C4=O)N(C)C(=O)OC3)ccn1. The Hall–Kier alpha value is -5.06. The van der Waals surface area contributed by atoms with Crippen molar-refractivity contribution in [1.82, 2.24) is 15.2 Å².